The topological polar surface area (TPSA) is 84.6 Å². The number of hydrogen-bond acceptors (Lipinski definition) is 2. The molecule has 4 nitrogen and oxygen atoms in total. The smallest absolute Gasteiger partial charge is 0.185 e. The number of aromatic hydroxyl groups is 1. The molecule has 0 bridgehead atoms. The normalized spacial score (nSPS) is 9.87. The molecule has 1 rings (SSSR count). The molecular formula is C11H17N3O. The molecule has 0 heterocycles. The van der Waals surface area contributed by atoms with Gasteiger partial charge in [0, 0.05) is 6.54 Å². The van der Waals surface area contributed by atoms with E-state index in [1.807, 2.05) is 12.1 Å². The Kier molecular flexibility index (Phi) is 4.47. The average Bonchev–Trinajstić information content (AvgIpc) is 2.20. The van der Waals surface area contributed by atoms with Gasteiger partial charge in [-0.1, -0.05) is 12.1 Å². The van der Waals surface area contributed by atoms with Crippen LogP contribution in [0, 0.1) is 0 Å². The van der Waals surface area contributed by atoms with Crippen molar-refractivity contribution in [3.63, 3.8) is 0 Å². The van der Waals surface area contributed by atoms with Crippen LogP contribution in [0.15, 0.2) is 29.3 Å². The molecule has 0 aliphatic rings. The first-order valence-corrected chi connectivity index (χ1v) is 5.02. The number of aliphatic imine (C=N–C) groups is 1. The van der Waals surface area contributed by atoms with Gasteiger partial charge in [-0.05, 0) is 37.0 Å². The molecule has 0 aliphatic heterocycles. The number of benzene rings is 1. The predicted molar refractivity (Wildman–Crippen MR) is 61.7 cm³/mol. The van der Waals surface area contributed by atoms with Gasteiger partial charge in [-0.3, -0.25) is 4.99 Å². The molecule has 0 saturated carbocycles. The van der Waals surface area contributed by atoms with Gasteiger partial charge in [0.05, 0.1) is 0 Å². The Hall–Kier alpha value is -1.71. The Morgan fingerprint density at radius 2 is 1.80 bits per heavy atom. The van der Waals surface area contributed by atoms with E-state index in [-0.39, 0.29) is 5.96 Å². The van der Waals surface area contributed by atoms with Crippen LogP contribution in [0.25, 0.3) is 0 Å². The molecule has 1 aromatic rings. The zero-order valence-electron chi connectivity index (χ0n) is 8.69. The number of phenolic OH excluding ortho intramolecular Hbond substituents is 1. The van der Waals surface area contributed by atoms with Gasteiger partial charge in [0.1, 0.15) is 5.75 Å². The summed E-state index contributed by atoms with van der Waals surface area (Å²) in [6.07, 6.45) is 3.00. The Labute approximate surface area is 89.6 Å². The number of nitrogens with two attached hydrogens (primary N) is 2. The number of hydrogen-bond donors (Lipinski definition) is 3. The van der Waals surface area contributed by atoms with Crippen LogP contribution in [0.2, 0.25) is 0 Å². The van der Waals surface area contributed by atoms with Crippen LogP contribution in [-0.2, 0) is 6.42 Å². The molecular weight excluding hydrogens is 190 g/mol. The molecule has 4 heteroatoms. The lowest BCUT2D eigenvalue weighted by Gasteiger charge is -2.00. The van der Waals surface area contributed by atoms with Crippen LogP contribution in [-0.4, -0.2) is 17.6 Å². The summed E-state index contributed by atoms with van der Waals surface area (Å²) in [5.41, 5.74) is 11.6. The third kappa shape index (κ3) is 4.90. The van der Waals surface area contributed by atoms with E-state index in [4.69, 9.17) is 16.6 Å². The van der Waals surface area contributed by atoms with Crippen molar-refractivity contribution in [3.8, 4) is 5.75 Å². The van der Waals surface area contributed by atoms with Crippen LogP contribution in [0.3, 0.4) is 0 Å². The Balaban J connectivity index is 2.20. The molecule has 0 unspecified atom stereocenters. The maximum atomic E-state index is 9.08. The van der Waals surface area contributed by atoms with E-state index in [9.17, 15) is 0 Å². The first-order valence-electron chi connectivity index (χ1n) is 5.02. The van der Waals surface area contributed by atoms with Crippen molar-refractivity contribution in [3.05, 3.63) is 29.8 Å². The zero-order chi connectivity index (χ0) is 11.1. The highest BCUT2D eigenvalue weighted by Crippen LogP contribution is 2.11. The summed E-state index contributed by atoms with van der Waals surface area (Å²) in [4.78, 5) is 3.90. The number of aryl methyl sites for hydroxylation is 1. The van der Waals surface area contributed by atoms with Crippen LogP contribution in [0.4, 0.5) is 0 Å². The number of unbranched alkanes of at least 4 members (excludes halogenated alkanes) is 1. The molecule has 0 amide bonds. The molecule has 0 saturated heterocycles. The molecule has 0 atom stereocenters. The average molecular weight is 207 g/mol. The first-order chi connectivity index (χ1) is 7.18. The number of phenols is 1. The Morgan fingerprint density at radius 3 is 2.40 bits per heavy atom. The summed E-state index contributed by atoms with van der Waals surface area (Å²) in [6.45, 7) is 0.681. The van der Waals surface area contributed by atoms with Gasteiger partial charge in [-0.25, -0.2) is 0 Å². The van der Waals surface area contributed by atoms with Gasteiger partial charge in [0.15, 0.2) is 5.96 Å². The molecule has 82 valence electrons. The number of guanidine groups is 1. The van der Waals surface area contributed by atoms with E-state index in [0.29, 0.717) is 12.3 Å². The van der Waals surface area contributed by atoms with Crippen LogP contribution < -0.4 is 11.5 Å². The highest BCUT2D eigenvalue weighted by molar-refractivity contribution is 5.75. The fourth-order valence-electron chi connectivity index (χ4n) is 1.31. The molecule has 0 aromatic heterocycles. The highest BCUT2D eigenvalue weighted by Gasteiger charge is 1.93. The Morgan fingerprint density at radius 1 is 1.13 bits per heavy atom. The molecule has 0 radical (unpaired) electrons. The van der Waals surface area contributed by atoms with Gasteiger partial charge in [-0.2, -0.15) is 0 Å². The SMILES string of the molecule is NC(N)=NCCCCc1ccc(O)cc1. The van der Waals surface area contributed by atoms with Crippen molar-refractivity contribution in [2.75, 3.05) is 6.54 Å². The van der Waals surface area contributed by atoms with E-state index in [1.165, 1.54) is 5.56 Å². The second-order valence-corrected chi connectivity index (χ2v) is 3.43. The minimum absolute atomic E-state index is 0.152. The third-order valence-electron chi connectivity index (χ3n) is 2.10. The maximum Gasteiger partial charge on any atom is 0.185 e. The molecule has 15 heavy (non-hydrogen) atoms. The molecule has 0 spiro atoms. The fourth-order valence-corrected chi connectivity index (χ4v) is 1.31. The van der Waals surface area contributed by atoms with E-state index in [2.05, 4.69) is 4.99 Å². The largest absolute Gasteiger partial charge is 0.508 e. The zero-order valence-corrected chi connectivity index (χ0v) is 8.69. The monoisotopic (exact) mass is 207 g/mol. The van der Waals surface area contributed by atoms with E-state index < -0.39 is 0 Å². The molecule has 5 N–H and O–H groups in total. The number of nitrogens with zero attached hydrogens (tertiary/aromatic N) is 1. The van der Waals surface area contributed by atoms with E-state index in [0.717, 1.165) is 19.3 Å². The summed E-state index contributed by atoms with van der Waals surface area (Å²) >= 11 is 0. The summed E-state index contributed by atoms with van der Waals surface area (Å²) in [6, 6.07) is 7.25. The lowest BCUT2D eigenvalue weighted by atomic mass is 10.1. The van der Waals surface area contributed by atoms with Gasteiger partial charge < -0.3 is 16.6 Å². The summed E-state index contributed by atoms with van der Waals surface area (Å²) in [7, 11) is 0. The van der Waals surface area contributed by atoms with Crippen molar-refractivity contribution in [2.45, 2.75) is 19.3 Å². The van der Waals surface area contributed by atoms with Crippen molar-refractivity contribution < 1.29 is 5.11 Å². The second-order valence-electron chi connectivity index (χ2n) is 3.43. The van der Waals surface area contributed by atoms with Gasteiger partial charge >= 0.3 is 0 Å². The third-order valence-corrected chi connectivity index (χ3v) is 2.10. The molecule has 1 aromatic carbocycles. The maximum absolute atomic E-state index is 9.08. The molecule has 0 fully saturated rings. The quantitative estimate of drug-likeness (QED) is 0.382. The Bertz CT molecular complexity index is 315. The van der Waals surface area contributed by atoms with Crippen LogP contribution in [0.1, 0.15) is 18.4 Å². The lowest BCUT2D eigenvalue weighted by molar-refractivity contribution is 0.475. The minimum atomic E-state index is 0.152. The van der Waals surface area contributed by atoms with Crippen molar-refractivity contribution in [1.29, 1.82) is 0 Å². The van der Waals surface area contributed by atoms with Crippen molar-refractivity contribution >= 4 is 5.96 Å². The highest BCUT2D eigenvalue weighted by atomic mass is 16.3. The predicted octanol–water partition coefficient (Wildman–Crippen LogP) is 0.988. The van der Waals surface area contributed by atoms with Gasteiger partial charge in [-0.15, -0.1) is 0 Å². The van der Waals surface area contributed by atoms with Crippen molar-refractivity contribution in [2.24, 2.45) is 16.5 Å². The van der Waals surface area contributed by atoms with E-state index >= 15 is 0 Å². The first kappa shape index (κ1) is 11.4. The van der Waals surface area contributed by atoms with Crippen LogP contribution >= 0.6 is 0 Å². The lowest BCUT2D eigenvalue weighted by Crippen LogP contribution is -2.22. The standard InChI is InChI=1S/C11H17N3O/c12-11(13)14-8-2-1-3-9-4-6-10(15)7-5-9/h4-7,15H,1-3,8H2,(H4,12,13,14). The fraction of sp³-hybridized carbons (Fsp3) is 0.364. The second kappa shape index (κ2) is 5.90. The minimum Gasteiger partial charge on any atom is -0.508 e. The van der Waals surface area contributed by atoms with Crippen LogP contribution in [0.5, 0.6) is 5.75 Å². The summed E-state index contributed by atoms with van der Waals surface area (Å²) in [5.74, 6) is 0.457. The summed E-state index contributed by atoms with van der Waals surface area (Å²) in [5, 5.41) is 9.08. The van der Waals surface area contributed by atoms with Gasteiger partial charge in [0.25, 0.3) is 0 Å². The molecule has 0 aliphatic carbocycles. The van der Waals surface area contributed by atoms with Crippen molar-refractivity contribution in [1.82, 2.24) is 0 Å². The van der Waals surface area contributed by atoms with E-state index in [1.54, 1.807) is 12.1 Å². The number of rotatable bonds is 5. The summed E-state index contributed by atoms with van der Waals surface area (Å²) < 4.78 is 0. The van der Waals surface area contributed by atoms with Gasteiger partial charge in [0.2, 0.25) is 0 Å².